The van der Waals surface area contributed by atoms with Gasteiger partial charge in [0, 0.05) is 25.7 Å². The summed E-state index contributed by atoms with van der Waals surface area (Å²) in [6, 6.07) is -1.44. The van der Waals surface area contributed by atoms with Gasteiger partial charge in [-0.3, -0.25) is 14.4 Å². The highest BCUT2D eigenvalue weighted by molar-refractivity contribution is 5.67. The monoisotopic (exact) mass is 375 g/mol. The average molecular weight is 375 g/mol. The Bertz CT molecular complexity index is 617. The highest BCUT2D eigenvalue weighted by Crippen LogP contribution is 2.29. The van der Waals surface area contributed by atoms with Gasteiger partial charge in [0.15, 0.2) is 12.2 Å². The van der Waals surface area contributed by atoms with E-state index in [2.05, 4.69) is 14.8 Å². The van der Waals surface area contributed by atoms with Crippen LogP contribution in [-0.4, -0.2) is 66.4 Å². The number of carboxylic acid groups (broad SMARTS) is 1. The molecule has 0 radical (unpaired) electrons. The van der Waals surface area contributed by atoms with Crippen LogP contribution in [-0.2, 0) is 38.1 Å². The first-order chi connectivity index (χ1) is 12.1. The van der Waals surface area contributed by atoms with E-state index < -0.39 is 61.3 Å². The quantitative estimate of drug-likeness (QED) is 0.225. The summed E-state index contributed by atoms with van der Waals surface area (Å²) in [5.41, 5.74) is 8.73. The predicted octanol–water partition coefficient (Wildman–Crippen LogP) is 0.511. The van der Waals surface area contributed by atoms with Crippen molar-refractivity contribution in [3.8, 4) is 0 Å². The molecule has 26 heavy (non-hydrogen) atoms. The van der Waals surface area contributed by atoms with Crippen LogP contribution >= 0.6 is 0 Å². The third-order valence-corrected chi connectivity index (χ3v) is 3.07. The van der Waals surface area contributed by atoms with Crippen molar-refractivity contribution in [2.24, 2.45) is 5.11 Å². The minimum Gasteiger partial charge on any atom is -0.463 e. The third-order valence-electron chi connectivity index (χ3n) is 3.07. The second-order valence-corrected chi connectivity index (χ2v) is 5.07. The van der Waals surface area contributed by atoms with Gasteiger partial charge >= 0.3 is 24.1 Å². The van der Waals surface area contributed by atoms with Crippen molar-refractivity contribution in [2.75, 3.05) is 6.61 Å². The molecule has 1 N–H and O–H groups in total. The lowest BCUT2D eigenvalue weighted by atomic mass is 9.97. The van der Waals surface area contributed by atoms with E-state index in [0.29, 0.717) is 0 Å². The predicted molar refractivity (Wildman–Crippen MR) is 78.4 cm³/mol. The maximum atomic E-state index is 11.4. The second-order valence-electron chi connectivity index (χ2n) is 5.07. The fourth-order valence-electron chi connectivity index (χ4n) is 2.25. The van der Waals surface area contributed by atoms with Crippen molar-refractivity contribution in [2.45, 2.75) is 51.4 Å². The molecule has 1 aliphatic rings. The lowest BCUT2D eigenvalue weighted by molar-refractivity contribution is -0.264. The van der Waals surface area contributed by atoms with Crippen LogP contribution in [0.3, 0.4) is 0 Å². The van der Waals surface area contributed by atoms with Gasteiger partial charge in [-0.25, -0.2) is 4.79 Å². The Morgan fingerprint density at radius 2 is 1.65 bits per heavy atom. The second kappa shape index (κ2) is 9.44. The summed E-state index contributed by atoms with van der Waals surface area (Å²) in [5, 5.41) is 12.3. The number of rotatable bonds is 6. The zero-order chi connectivity index (χ0) is 19.9. The van der Waals surface area contributed by atoms with Gasteiger partial charge in [-0.15, -0.1) is 0 Å². The summed E-state index contributed by atoms with van der Waals surface area (Å²) >= 11 is 0. The van der Waals surface area contributed by atoms with Gasteiger partial charge in [0.05, 0.1) is 0 Å². The maximum Gasteiger partial charge on any atom is 0.506 e. The van der Waals surface area contributed by atoms with Crippen LogP contribution in [0.2, 0.25) is 0 Å². The number of nitrogens with zero attached hydrogens (tertiary/aromatic N) is 3. The molecule has 13 nitrogen and oxygen atoms in total. The van der Waals surface area contributed by atoms with Crippen molar-refractivity contribution in [1.29, 1.82) is 0 Å². The van der Waals surface area contributed by atoms with Gasteiger partial charge in [-0.05, 0) is 5.53 Å². The topological polar surface area (TPSA) is 183 Å². The number of hydrogen-bond acceptors (Lipinski definition) is 10. The first kappa shape index (κ1) is 21.0. The Morgan fingerprint density at radius 3 is 2.12 bits per heavy atom. The summed E-state index contributed by atoms with van der Waals surface area (Å²) in [7, 11) is 0. The van der Waals surface area contributed by atoms with E-state index in [1.54, 1.807) is 0 Å². The van der Waals surface area contributed by atoms with Crippen LogP contribution in [0.1, 0.15) is 20.8 Å². The first-order valence-electron chi connectivity index (χ1n) is 7.22. The van der Waals surface area contributed by atoms with Gasteiger partial charge in [0.25, 0.3) is 0 Å². The van der Waals surface area contributed by atoms with Gasteiger partial charge in [-0.2, -0.15) is 0 Å². The standard InChI is InChI=1S/C13H17N3O10/c1-5(17)22-4-8-10(26-13(20)21)11(23-6(2)18)9(15-16-14)12(25-8)24-7(3)19/h8-12H,4H2,1-3H3,(H,20,21)/t8-,9-,10-,11-,12-/m1/s1. The molecule has 0 unspecified atom stereocenters. The largest absolute Gasteiger partial charge is 0.506 e. The van der Waals surface area contributed by atoms with E-state index in [-0.39, 0.29) is 0 Å². The lowest BCUT2D eigenvalue weighted by Gasteiger charge is -2.42. The highest BCUT2D eigenvalue weighted by atomic mass is 16.7. The Hall–Kier alpha value is -3.05. The molecular weight excluding hydrogens is 358 g/mol. The van der Waals surface area contributed by atoms with E-state index in [0.717, 1.165) is 20.8 Å². The summed E-state index contributed by atoms with van der Waals surface area (Å²) in [6.07, 6.45) is -7.57. The number of azide groups is 1. The van der Waals surface area contributed by atoms with Crippen LogP contribution in [0.15, 0.2) is 5.11 Å². The molecule has 0 saturated carbocycles. The molecular formula is C13H17N3O10. The molecule has 1 rings (SSSR count). The molecule has 0 aliphatic carbocycles. The van der Waals surface area contributed by atoms with E-state index in [1.807, 2.05) is 0 Å². The van der Waals surface area contributed by atoms with E-state index in [9.17, 15) is 19.2 Å². The Labute approximate surface area is 146 Å². The summed E-state index contributed by atoms with van der Waals surface area (Å²) in [6.45, 7) is 2.69. The van der Waals surface area contributed by atoms with Crippen LogP contribution in [0, 0.1) is 0 Å². The summed E-state index contributed by atoms with van der Waals surface area (Å²) in [4.78, 5) is 47.2. The Kier molecular flexibility index (Phi) is 7.62. The molecule has 1 aliphatic heterocycles. The lowest BCUT2D eigenvalue weighted by Crippen LogP contribution is -2.61. The Morgan fingerprint density at radius 1 is 1.04 bits per heavy atom. The summed E-state index contributed by atoms with van der Waals surface area (Å²) in [5.74, 6) is -2.35. The van der Waals surface area contributed by atoms with Gasteiger partial charge in [0.2, 0.25) is 6.29 Å². The highest BCUT2D eigenvalue weighted by Gasteiger charge is 2.51. The zero-order valence-corrected chi connectivity index (χ0v) is 14.1. The van der Waals surface area contributed by atoms with Crippen LogP contribution in [0.4, 0.5) is 4.79 Å². The fourth-order valence-corrected chi connectivity index (χ4v) is 2.25. The van der Waals surface area contributed by atoms with Crippen molar-refractivity contribution in [3.63, 3.8) is 0 Å². The fraction of sp³-hybridized carbons (Fsp3) is 0.692. The van der Waals surface area contributed by atoms with E-state index >= 15 is 0 Å². The molecule has 144 valence electrons. The molecule has 0 spiro atoms. The number of carbonyl (C=O) groups is 4. The minimum absolute atomic E-state index is 0.494. The van der Waals surface area contributed by atoms with Gasteiger partial charge in [-0.1, -0.05) is 5.11 Å². The molecule has 0 amide bonds. The molecule has 1 fully saturated rings. The van der Waals surface area contributed by atoms with Crippen LogP contribution in [0.25, 0.3) is 10.4 Å². The smallest absolute Gasteiger partial charge is 0.463 e. The third kappa shape index (κ3) is 6.11. The molecule has 5 atom stereocenters. The van der Waals surface area contributed by atoms with Crippen molar-refractivity contribution >= 4 is 24.1 Å². The molecule has 0 aromatic carbocycles. The summed E-state index contributed by atoms with van der Waals surface area (Å²) < 4.78 is 24.7. The average Bonchev–Trinajstić information content (AvgIpc) is 2.49. The van der Waals surface area contributed by atoms with Crippen LogP contribution < -0.4 is 0 Å². The van der Waals surface area contributed by atoms with Crippen molar-refractivity contribution < 1.29 is 48.0 Å². The molecule has 13 heteroatoms. The molecule has 1 heterocycles. The number of esters is 3. The Balaban J connectivity index is 3.28. The maximum absolute atomic E-state index is 11.4. The van der Waals surface area contributed by atoms with Gasteiger partial charge < -0.3 is 28.8 Å². The molecule has 0 aromatic heterocycles. The SMILES string of the molecule is CC(=O)OC[C@H]1O[C@@H](OC(C)=O)[C@H](N=[N+]=[N-])[C@@H](OC(C)=O)[C@@H]1OC(=O)O. The zero-order valence-electron chi connectivity index (χ0n) is 14.1. The number of carbonyl (C=O) groups excluding carboxylic acids is 3. The normalized spacial score (nSPS) is 27.4. The minimum atomic E-state index is -1.74. The van der Waals surface area contributed by atoms with Crippen molar-refractivity contribution in [3.05, 3.63) is 10.4 Å². The number of ether oxygens (including phenoxy) is 5. The molecule has 0 bridgehead atoms. The van der Waals surface area contributed by atoms with E-state index in [1.165, 1.54) is 0 Å². The first-order valence-corrected chi connectivity index (χ1v) is 7.22. The molecule has 1 saturated heterocycles. The number of hydrogen-bond donors (Lipinski definition) is 1. The molecule has 0 aromatic rings. The van der Waals surface area contributed by atoms with Crippen LogP contribution in [0.5, 0.6) is 0 Å². The van der Waals surface area contributed by atoms with Gasteiger partial charge in [0.1, 0.15) is 18.8 Å². The van der Waals surface area contributed by atoms with Crippen molar-refractivity contribution in [1.82, 2.24) is 0 Å². The van der Waals surface area contributed by atoms with E-state index in [4.69, 9.17) is 29.6 Å².